The van der Waals surface area contributed by atoms with E-state index >= 15 is 0 Å². The minimum atomic E-state index is -0.977. The van der Waals surface area contributed by atoms with E-state index in [2.05, 4.69) is 4.98 Å². The van der Waals surface area contributed by atoms with Gasteiger partial charge in [0.15, 0.2) is 18.3 Å². The molecule has 0 saturated carbocycles. The van der Waals surface area contributed by atoms with Crippen LogP contribution in [0.15, 0.2) is 11.4 Å². The maximum Gasteiger partial charge on any atom is 0.348 e. The number of rotatable bonds is 5. The van der Waals surface area contributed by atoms with Crippen molar-refractivity contribution in [3.05, 3.63) is 37.5 Å². The van der Waals surface area contributed by atoms with Gasteiger partial charge in [-0.25, -0.2) is 9.78 Å². The number of hydrogen-bond acceptors (Lipinski definition) is 7. The normalized spacial score (nSPS) is 14.1. The highest BCUT2D eigenvalue weighted by atomic mass is 32.1. The quantitative estimate of drug-likeness (QED) is 0.777. The molecule has 0 bridgehead atoms. The van der Waals surface area contributed by atoms with Crippen molar-refractivity contribution in [3.63, 3.8) is 0 Å². The van der Waals surface area contributed by atoms with Crippen LogP contribution >= 0.6 is 22.7 Å². The van der Waals surface area contributed by atoms with E-state index in [0.717, 1.165) is 25.0 Å². The fourth-order valence-electron chi connectivity index (χ4n) is 2.49. The Labute approximate surface area is 141 Å². The molecule has 0 unspecified atom stereocenters. The number of carbonyl (C=O) groups is 2. The Balaban J connectivity index is 1.61. The van der Waals surface area contributed by atoms with Crippen LogP contribution in [0.25, 0.3) is 0 Å². The molecule has 23 heavy (non-hydrogen) atoms. The Bertz CT molecular complexity index is 779. The second-order valence-electron chi connectivity index (χ2n) is 5.34. The molecule has 118 valence electrons. The van der Waals surface area contributed by atoms with Crippen molar-refractivity contribution in [2.24, 2.45) is 0 Å². The number of aromatic nitrogens is 1. The van der Waals surface area contributed by atoms with Crippen LogP contribution in [0, 0.1) is 18.3 Å². The molecule has 5 nitrogen and oxygen atoms in total. The predicted molar refractivity (Wildman–Crippen MR) is 86.8 cm³/mol. The minimum absolute atomic E-state index is 0.405. The topological polar surface area (TPSA) is 80.0 Å². The van der Waals surface area contributed by atoms with E-state index < -0.39 is 24.3 Å². The molecule has 1 aliphatic rings. The van der Waals surface area contributed by atoms with Crippen LogP contribution in [0.4, 0.5) is 0 Å². The minimum Gasteiger partial charge on any atom is -0.453 e. The first-order valence-corrected chi connectivity index (χ1v) is 8.91. The summed E-state index contributed by atoms with van der Waals surface area (Å²) < 4.78 is 5.09. The van der Waals surface area contributed by atoms with Gasteiger partial charge in [0.2, 0.25) is 0 Å². The number of carbonyl (C=O) groups excluding carboxylic acids is 2. The molecule has 0 N–H and O–H groups in total. The number of aryl methyl sites for hydroxylation is 3. The number of ketones is 1. The lowest BCUT2D eigenvalue weighted by Gasteiger charge is -2.06. The predicted octanol–water partition coefficient (Wildman–Crippen LogP) is 3.04. The lowest BCUT2D eigenvalue weighted by atomic mass is 10.1. The molecule has 0 fully saturated rings. The van der Waals surface area contributed by atoms with Gasteiger partial charge in [-0.3, -0.25) is 4.79 Å². The van der Waals surface area contributed by atoms with Gasteiger partial charge in [0.25, 0.3) is 0 Å². The first kappa shape index (κ1) is 15.8. The van der Waals surface area contributed by atoms with Gasteiger partial charge in [-0.05, 0) is 37.8 Å². The maximum atomic E-state index is 12.1. The van der Waals surface area contributed by atoms with Crippen molar-refractivity contribution in [1.82, 2.24) is 4.98 Å². The summed E-state index contributed by atoms with van der Waals surface area (Å²) in [6.45, 7) is 1.40. The SMILES string of the molecule is Cc1csc([C@@H](C#N)C(=O)COC(=O)c2cc3c(s2)CCC3)n1. The van der Waals surface area contributed by atoms with Crippen molar-refractivity contribution in [2.75, 3.05) is 6.61 Å². The summed E-state index contributed by atoms with van der Waals surface area (Å²) in [6.07, 6.45) is 3.14. The van der Waals surface area contributed by atoms with E-state index in [9.17, 15) is 14.9 Å². The molecule has 0 aromatic carbocycles. The van der Waals surface area contributed by atoms with Crippen molar-refractivity contribution < 1.29 is 14.3 Å². The smallest absolute Gasteiger partial charge is 0.348 e. The molecule has 0 spiro atoms. The number of Topliss-reactive ketones (excluding diaryl/α,β-unsaturated/α-hetero) is 1. The highest BCUT2D eigenvalue weighted by Gasteiger charge is 2.25. The van der Waals surface area contributed by atoms with Crippen LogP contribution in [0.1, 0.15) is 43.2 Å². The number of fused-ring (bicyclic) bond motifs is 1. The van der Waals surface area contributed by atoms with Crippen LogP contribution in [0.5, 0.6) is 0 Å². The van der Waals surface area contributed by atoms with Gasteiger partial charge in [0.1, 0.15) is 9.88 Å². The van der Waals surface area contributed by atoms with Gasteiger partial charge in [0.05, 0.1) is 6.07 Å². The fraction of sp³-hybridized carbons (Fsp3) is 0.375. The molecule has 3 rings (SSSR count). The molecule has 7 heteroatoms. The first-order chi connectivity index (χ1) is 11.1. The number of nitrogens with zero attached hydrogens (tertiary/aromatic N) is 2. The maximum absolute atomic E-state index is 12.1. The molecule has 0 aliphatic heterocycles. The third kappa shape index (κ3) is 3.33. The molecule has 2 heterocycles. The average Bonchev–Trinajstić information content (AvgIpc) is 3.21. The number of hydrogen-bond donors (Lipinski definition) is 0. The second-order valence-corrected chi connectivity index (χ2v) is 7.37. The number of ether oxygens (including phenoxy) is 1. The third-order valence-corrected chi connectivity index (χ3v) is 5.87. The zero-order valence-electron chi connectivity index (χ0n) is 12.5. The van der Waals surface area contributed by atoms with Crippen LogP contribution < -0.4 is 0 Å². The van der Waals surface area contributed by atoms with Crippen LogP contribution in [-0.2, 0) is 22.4 Å². The summed E-state index contributed by atoms with van der Waals surface area (Å²) in [6, 6.07) is 3.79. The number of esters is 1. The highest BCUT2D eigenvalue weighted by molar-refractivity contribution is 7.14. The summed E-state index contributed by atoms with van der Waals surface area (Å²) in [5.74, 6) is -1.92. The van der Waals surface area contributed by atoms with E-state index in [1.807, 2.05) is 12.1 Å². The summed E-state index contributed by atoms with van der Waals surface area (Å²) in [5, 5.41) is 11.4. The standard InChI is InChI=1S/C16H14N2O3S2/c1-9-8-22-15(18-9)11(6-17)12(19)7-21-16(20)14-5-10-3-2-4-13(10)23-14/h5,8,11H,2-4,7H2,1H3/t11-/m0/s1. The second kappa shape index (κ2) is 6.60. The molecule has 2 aromatic heterocycles. The summed E-state index contributed by atoms with van der Waals surface area (Å²) in [5.41, 5.74) is 1.98. The number of thiazole rings is 1. The largest absolute Gasteiger partial charge is 0.453 e. The van der Waals surface area contributed by atoms with Crippen LogP contribution in [0.2, 0.25) is 0 Å². The van der Waals surface area contributed by atoms with E-state index in [-0.39, 0.29) is 0 Å². The van der Waals surface area contributed by atoms with Crippen molar-refractivity contribution in [3.8, 4) is 6.07 Å². The Kier molecular flexibility index (Phi) is 4.55. The van der Waals surface area contributed by atoms with Gasteiger partial charge in [-0.15, -0.1) is 22.7 Å². The van der Waals surface area contributed by atoms with E-state index in [4.69, 9.17) is 4.74 Å². The lowest BCUT2D eigenvalue weighted by molar-refractivity contribution is -0.122. The molecule has 2 aromatic rings. The van der Waals surface area contributed by atoms with Gasteiger partial charge in [-0.2, -0.15) is 5.26 Å². The third-order valence-electron chi connectivity index (χ3n) is 3.63. The summed E-state index contributed by atoms with van der Waals surface area (Å²) in [7, 11) is 0. The van der Waals surface area contributed by atoms with Gasteiger partial charge in [-0.1, -0.05) is 0 Å². The van der Waals surface area contributed by atoms with Gasteiger partial charge in [0, 0.05) is 16.0 Å². The van der Waals surface area contributed by atoms with Crippen molar-refractivity contribution >= 4 is 34.4 Å². The lowest BCUT2D eigenvalue weighted by Crippen LogP contribution is -2.19. The highest BCUT2D eigenvalue weighted by Crippen LogP contribution is 2.31. The summed E-state index contributed by atoms with van der Waals surface area (Å²) >= 11 is 2.70. The Hall–Kier alpha value is -2.04. The monoisotopic (exact) mass is 346 g/mol. The molecule has 1 aliphatic carbocycles. The average molecular weight is 346 g/mol. The Morgan fingerprint density at radius 3 is 2.96 bits per heavy atom. The van der Waals surface area contributed by atoms with Gasteiger partial charge < -0.3 is 4.74 Å². The zero-order valence-corrected chi connectivity index (χ0v) is 14.1. The van der Waals surface area contributed by atoms with Crippen LogP contribution in [0.3, 0.4) is 0 Å². The van der Waals surface area contributed by atoms with E-state index in [1.54, 1.807) is 12.3 Å². The molecule has 0 amide bonds. The first-order valence-electron chi connectivity index (χ1n) is 7.21. The van der Waals surface area contributed by atoms with Crippen molar-refractivity contribution in [2.45, 2.75) is 32.1 Å². The molecule has 1 atom stereocenters. The molecule has 0 saturated heterocycles. The van der Waals surface area contributed by atoms with Crippen LogP contribution in [-0.4, -0.2) is 23.3 Å². The molecular formula is C16H14N2O3S2. The van der Waals surface area contributed by atoms with Gasteiger partial charge >= 0.3 is 5.97 Å². The number of thiophene rings is 1. The Morgan fingerprint density at radius 1 is 1.48 bits per heavy atom. The molecular weight excluding hydrogens is 332 g/mol. The van der Waals surface area contributed by atoms with Crippen molar-refractivity contribution in [1.29, 1.82) is 5.26 Å². The van der Waals surface area contributed by atoms with E-state index in [1.165, 1.54) is 33.1 Å². The summed E-state index contributed by atoms with van der Waals surface area (Å²) in [4.78, 5) is 30.1. The fourth-order valence-corrected chi connectivity index (χ4v) is 4.50. The Morgan fingerprint density at radius 2 is 2.30 bits per heavy atom. The zero-order chi connectivity index (χ0) is 16.4. The number of nitriles is 1. The molecule has 0 radical (unpaired) electrons. The van der Waals surface area contributed by atoms with E-state index in [0.29, 0.717) is 9.88 Å².